The second-order valence-corrected chi connectivity index (χ2v) is 6.33. The van der Waals surface area contributed by atoms with E-state index in [1.165, 1.54) is 0 Å². The van der Waals surface area contributed by atoms with Crippen LogP contribution in [-0.2, 0) is 14.3 Å². The number of carbonyl (C=O) groups excluding carboxylic acids is 3. The van der Waals surface area contributed by atoms with Gasteiger partial charge >= 0.3 is 6.09 Å². The minimum atomic E-state index is -0.509. The SMILES string of the molecule is CCC(=O)NNC(=O)CC1CC(NC(=O)OC(C)(C)C)C1. The van der Waals surface area contributed by atoms with Gasteiger partial charge in [0.1, 0.15) is 5.60 Å². The summed E-state index contributed by atoms with van der Waals surface area (Å²) in [6.07, 6.45) is 1.73. The smallest absolute Gasteiger partial charge is 0.407 e. The summed E-state index contributed by atoms with van der Waals surface area (Å²) < 4.78 is 5.16. The van der Waals surface area contributed by atoms with E-state index in [1.54, 1.807) is 6.92 Å². The number of ether oxygens (including phenoxy) is 1. The molecule has 0 aromatic rings. The first-order chi connectivity index (χ1) is 9.69. The summed E-state index contributed by atoms with van der Waals surface area (Å²) in [5.41, 5.74) is 4.19. The Kier molecular flexibility index (Phi) is 5.99. The summed E-state index contributed by atoms with van der Waals surface area (Å²) in [4.78, 5) is 34.1. The van der Waals surface area contributed by atoms with Gasteiger partial charge in [-0.15, -0.1) is 0 Å². The first-order valence-corrected chi connectivity index (χ1v) is 7.26. The van der Waals surface area contributed by atoms with E-state index in [1.807, 2.05) is 20.8 Å². The van der Waals surface area contributed by atoms with E-state index in [2.05, 4.69) is 16.2 Å². The average molecular weight is 299 g/mol. The van der Waals surface area contributed by atoms with E-state index in [0.29, 0.717) is 12.8 Å². The van der Waals surface area contributed by atoms with Gasteiger partial charge in [-0.05, 0) is 39.5 Å². The molecule has 0 radical (unpaired) electrons. The number of hydrazine groups is 1. The van der Waals surface area contributed by atoms with Crippen LogP contribution < -0.4 is 16.2 Å². The van der Waals surface area contributed by atoms with Gasteiger partial charge in [0.2, 0.25) is 11.8 Å². The molecule has 0 unspecified atom stereocenters. The van der Waals surface area contributed by atoms with Gasteiger partial charge in [-0.2, -0.15) is 0 Å². The van der Waals surface area contributed by atoms with Crippen molar-refractivity contribution >= 4 is 17.9 Å². The van der Waals surface area contributed by atoms with Crippen molar-refractivity contribution in [1.29, 1.82) is 0 Å². The number of carbonyl (C=O) groups is 3. The Balaban J connectivity index is 2.14. The van der Waals surface area contributed by atoms with Gasteiger partial charge in [0, 0.05) is 18.9 Å². The summed E-state index contributed by atoms with van der Waals surface area (Å²) in [7, 11) is 0. The highest BCUT2D eigenvalue weighted by Crippen LogP contribution is 2.30. The quantitative estimate of drug-likeness (QED) is 0.680. The monoisotopic (exact) mass is 299 g/mol. The van der Waals surface area contributed by atoms with Crippen LogP contribution >= 0.6 is 0 Å². The molecule has 7 nitrogen and oxygen atoms in total. The second-order valence-electron chi connectivity index (χ2n) is 6.33. The van der Waals surface area contributed by atoms with E-state index < -0.39 is 11.7 Å². The highest BCUT2D eigenvalue weighted by Gasteiger charge is 2.32. The Morgan fingerprint density at radius 1 is 1.10 bits per heavy atom. The Morgan fingerprint density at radius 2 is 1.67 bits per heavy atom. The molecule has 1 rings (SSSR count). The molecule has 0 heterocycles. The number of nitrogens with one attached hydrogen (secondary N) is 3. The molecule has 0 saturated heterocycles. The third-order valence-corrected chi connectivity index (χ3v) is 3.09. The van der Waals surface area contributed by atoms with Crippen molar-refractivity contribution in [3.8, 4) is 0 Å². The number of hydrogen-bond donors (Lipinski definition) is 3. The molecule has 120 valence electrons. The number of hydrogen-bond acceptors (Lipinski definition) is 4. The maximum atomic E-state index is 11.5. The first-order valence-electron chi connectivity index (χ1n) is 7.26. The molecule has 7 heteroatoms. The minimum absolute atomic E-state index is 0.0582. The third kappa shape index (κ3) is 6.97. The van der Waals surface area contributed by atoms with Crippen molar-refractivity contribution in [2.24, 2.45) is 5.92 Å². The standard InChI is InChI=1S/C14H25N3O4/c1-5-11(18)16-17-12(19)8-9-6-10(7-9)15-13(20)21-14(2,3)4/h9-10H,5-8H2,1-4H3,(H,15,20)(H,16,18)(H,17,19). The molecule has 0 aromatic heterocycles. The van der Waals surface area contributed by atoms with Gasteiger partial charge in [0.15, 0.2) is 0 Å². The maximum absolute atomic E-state index is 11.5. The first kappa shape index (κ1) is 17.3. The molecule has 0 aliphatic heterocycles. The lowest BCUT2D eigenvalue weighted by Gasteiger charge is -2.35. The van der Waals surface area contributed by atoms with Crippen molar-refractivity contribution in [3.05, 3.63) is 0 Å². The zero-order valence-corrected chi connectivity index (χ0v) is 13.1. The van der Waals surface area contributed by atoms with E-state index >= 15 is 0 Å². The van der Waals surface area contributed by atoms with Crippen molar-refractivity contribution < 1.29 is 19.1 Å². The molecule has 21 heavy (non-hydrogen) atoms. The summed E-state index contributed by atoms with van der Waals surface area (Å²) in [5.74, 6) is -0.206. The number of alkyl carbamates (subject to hydrolysis) is 1. The molecule has 3 amide bonds. The predicted molar refractivity (Wildman–Crippen MR) is 77.1 cm³/mol. The summed E-state index contributed by atoms with van der Waals surface area (Å²) in [6.45, 7) is 7.14. The van der Waals surface area contributed by atoms with E-state index in [0.717, 1.165) is 12.8 Å². The number of amides is 3. The van der Waals surface area contributed by atoms with Gasteiger partial charge in [-0.3, -0.25) is 20.4 Å². The van der Waals surface area contributed by atoms with E-state index in [9.17, 15) is 14.4 Å². The molecule has 0 bridgehead atoms. The highest BCUT2D eigenvalue weighted by molar-refractivity contribution is 5.81. The molecule has 0 aromatic carbocycles. The Labute approximate surface area is 125 Å². The van der Waals surface area contributed by atoms with Crippen LogP contribution in [0.5, 0.6) is 0 Å². The fourth-order valence-corrected chi connectivity index (χ4v) is 2.04. The fourth-order valence-electron chi connectivity index (χ4n) is 2.04. The molecule has 1 aliphatic carbocycles. The number of rotatable bonds is 4. The molecule has 1 saturated carbocycles. The third-order valence-electron chi connectivity index (χ3n) is 3.09. The fraction of sp³-hybridized carbons (Fsp3) is 0.786. The van der Waals surface area contributed by atoms with Crippen LogP contribution in [0.4, 0.5) is 4.79 Å². The molecule has 1 aliphatic rings. The summed E-state index contributed by atoms with van der Waals surface area (Å²) >= 11 is 0. The lowest BCUT2D eigenvalue weighted by atomic mass is 9.78. The van der Waals surface area contributed by atoms with Crippen LogP contribution in [0, 0.1) is 5.92 Å². The van der Waals surface area contributed by atoms with Crippen molar-refractivity contribution in [3.63, 3.8) is 0 Å². The lowest BCUT2D eigenvalue weighted by Crippen LogP contribution is -2.48. The predicted octanol–water partition coefficient (Wildman–Crippen LogP) is 1.24. The molecular weight excluding hydrogens is 274 g/mol. The van der Waals surface area contributed by atoms with Crippen LogP contribution in [0.15, 0.2) is 0 Å². The topological polar surface area (TPSA) is 96.5 Å². The normalized spacial score (nSPS) is 21.0. The molecule has 3 N–H and O–H groups in total. The minimum Gasteiger partial charge on any atom is -0.444 e. The van der Waals surface area contributed by atoms with Gasteiger partial charge in [0.25, 0.3) is 0 Å². The van der Waals surface area contributed by atoms with Gasteiger partial charge < -0.3 is 10.1 Å². The highest BCUT2D eigenvalue weighted by atomic mass is 16.6. The molecule has 1 fully saturated rings. The van der Waals surface area contributed by atoms with Crippen molar-refractivity contribution in [1.82, 2.24) is 16.2 Å². The lowest BCUT2D eigenvalue weighted by molar-refractivity contribution is -0.129. The van der Waals surface area contributed by atoms with Crippen LogP contribution in [0.1, 0.15) is 53.4 Å². The van der Waals surface area contributed by atoms with Crippen LogP contribution in [0.2, 0.25) is 0 Å². The van der Waals surface area contributed by atoms with Gasteiger partial charge in [0.05, 0.1) is 0 Å². The summed E-state index contributed by atoms with van der Waals surface area (Å²) in [5, 5.41) is 2.77. The molecule has 0 spiro atoms. The summed E-state index contributed by atoms with van der Waals surface area (Å²) in [6, 6.07) is 0.0582. The second kappa shape index (κ2) is 7.28. The Morgan fingerprint density at radius 3 is 2.19 bits per heavy atom. The van der Waals surface area contributed by atoms with Crippen LogP contribution in [0.25, 0.3) is 0 Å². The van der Waals surface area contributed by atoms with E-state index in [4.69, 9.17) is 4.74 Å². The van der Waals surface area contributed by atoms with Crippen molar-refractivity contribution in [2.45, 2.75) is 65.0 Å². The van der Waals surface area contributed by atoms with Gasteiger partial charge in [-0.1, -0.05) is 6.92 Å². The molecule has 0 atom stereocenters. The zero-order valence-electron chi connectivity index (χ0n) is 13.1. The van der Waals surface area contributed by atoms with Crippen molar-refractivity contribution in [2.75, 3.05) is 0 Å². The Bertz CT molecular complexity index is 398. The Hall–Kier alpha value is -1.79. The van der Waals surface area contributed by atoms with Crippen LogP contribution in [0.3, 0.4) is 0 Å². The van der Waals surface area contributed by atoms with Gasteiger partial charge in [-0.25, -0.2) is 4.79 Å². The average Bonchev–Trinajstić information content (AvgIpc) is 2.30. The molecular formula is C14H25N3O4. The van der Waals surface area contributed by atoms with E-state index in [-0.39, 0.29) is 23.8 Å². The largest absolute Gasteiger partial charge is 0.444 e. The zero-order chi connectivity index (χ0) is 16.0. The maximum Gasteiger partial charge on any atom is 0.407 e. The van der Waals surface area contributed by atoms with Crippen LogP contribution in [-0.4, -0.2) is 29.6 Å².